The van der Waals surface area contributed by atoms with Crippen molar-refractivity contribution in [3.8, 4) is 11.3 Å². The van der Waals surface area contributed by atoms with Gasteiger partial charge in [0.25, 0.3) is 0 Å². The highest BCUT2D eigenvalue weighted by atomic mass is 79.9. The molecule has 0 saturated heterocycles. The molecule has 4 heteroatoms. The lowest BCUT2D eigenvalue weighted by molar-refractivity contribution is 0.953. The summed E-state index contributed by atoms with van der Waals surface area (Å²) in [5.41, 5.74) is 2.02. The quantitative estimate of drug-likeness (QED) is 0.933. The van der Waals surface area contributed by atoms with Crippen LogP contribution in [0.1, 0.15) is 13.3 Å². The first kappa shape index (κ1) is 12.0. The van der Waals surface area contributed by atoms with Crippen LogP contribution in [-0.4, -0.2) is 16.5 Å². The van der Waals surface area contributed by atoms with Crippen molar-refractivity contribution in [2.24, 2.45) is 0 Å². The topological polar surface area (TPSA) is 37.8 Å². The second-order valence-electron chi connectivity index (χ2n) is 3.70. The Bertz CT molecular complexity index is 500. The maximum atomic E-state index is 4.48. The molecular weight excluding hydrogens is 278 g/mol. The van der Waals surface area contributed by atoms with Crippen LogP contribution in [0.4, 0.5) is 5.95 Å². The van der Waals surface area contributed by atoms with Crippen LogP contribution in [-0.2, 0) is 0 Å². The molecule has 0 saturated carbocycles. The molecule has 0 atom stereocenters. The smallest absolute Gasteiger partial charge is 0.223 e. The molecule has 0 unspecified atom stereocenters. The van der Waals surface area contributed by atoms with Crippen molar-refractivity contribution in [3.63, 3.8) is 0 Å². The van der Waals surface area contributed by atoms with Crippen molar-refractivity contribution >= 4 is 21.9 Å². The van der Waals surface area contributed by atoms with Gasteiger partial charge in [-0.25, -0.2) is 9.97 Å². The van der Waals surface area contributed by atoms with Crippen LogP contribution in [0.25, 0.3) is 11.3 Å². The monoisotopic (exact) mass is 291 g/mol. The lowest BCUT2D eigenvalue weighted by Crippen LogP contribution is -2.04. The molecule has 0 spiro atoms. The van der Waals surface area contributed by atoms with Crippen molar-refractivity contribution in [2.75, 3.05) is 11.9 Å². The fraction of sp³-hybridized carbons (Fsp3) is 0.231. The van der Waals surface area contributed by atoms with Gasteiger partial charge in [-0.15, -0.1) is 0 Å². The minimum atomic E-state index is 0.685. The molecular formula is C13H14BrN3. The summed E-state index contributed by atoms with van der Waals surface area (Å²) in [6.07, 6.45) is 2.84. The lowest BCUT2D eigenvalue weighted by atomic mass is 10.1. The molecule has 1 heterocycles. The third kappa shape index (κ3) is 3.27. The minimum Gasteiger partial charge on any atom is -0.354 e. The maximum Gasteiger partial charge on any atom is 0.223 e. The van der Waals surface area contributed by atoms with Crippen LogP contribution in [0.15, 0.2) is 41.0 Å². The second-order valence-corrected chi connectivity index (χ2v) is 4.62. The molecule has 0 fully saturated rings. The molecule has 0 bridgehead atoms. The molecule has 2 rings (SSSR count). The first-order valence-electron chi connectivity index (χ1n) is 5.62. The lowest BCUT2D eigenvalue weighted by Gasteiger charge is -2.05. The summed E-state index contributed by atoms with van der Waals surface area (Å²) in [5.74, 6) is 0.685. The van der Waals surface area contributed by atoms with E-state index >= 15 is 0 Å². The molecule has 1 N–H and O–H groups in total. The van der Waals surface area contributed by atoms with Crippen LogP contribution in [0.3, 0.4) is 0 Å². The Labute approximate surface area is 109 Å². The fourth-order valence-corrected chi connectivity index (χ4v) is 1.89. The minimum absolute atomic E-state index is 0.685. The van der Waals surface area contributed by atoms with Crippen molar-refractivity contribution in [1.82, 2.24) is 9.97 Å². The Kier molecular flexibility index (Phi) is 4.09. The van der Waals surface area contributed by atoms with Gasteiger partial charge in [-0.05, 0) is 24.6 Å². The van der Waals surface area contributed by atoms with Crippen molar-refractivity contribution in [3.05, 3.63) is 41.0 Å². The Morgan fingerprint density at radius 1 is 1.29 bits per heavy atom. The maximum absolute atomic E-state index is 4.48. The second kappa shape index (κ2) is 5.77. The van der Waals surface area contributed by atoms with Gasteiger partial charge in [-0.1, -0.05) is 35.0 Å². The van der Waals surface area contributed by atoms with Gasteiger partial charge < -0.3 is 5.32 Å². The number of hydrogen-bond acceptors (Lipinski definition) is 3. The van der Waals surface area contributed by atoms with Crippen molar-refractivity contribution in [1.29, 1.82) is 0 Å². The van der Waals surface area contributed by atoms with Crippen LogP contribution < -0.4 is 5.32 Å². The van der Waals surface area contributed by atoms with E-state index in [0.29, 0.717) is 5.95 Å². The standard InChI is InChI=1S/C13H14BrN3/c1-2-7-15-13-16-8-6-12(17-13)10-4-3-5-11(14)9-10/h3-6,8-9H,2,7H2,1H3,(H,15,16,17). The Morgan fingerprint density at radius 3 is 2.94 bits per heavy atom. The van der Waals surface area contributed by atoms with Gasteiger partial charge >= 0.3 is 0 Å². The summed E-state index contributed by atoms with van der Waals surface area (Å²) < 4.78 is 1.05. The first-order chi connectivity index (χ1) is 8.29. The van der Waals surface area contributed by atoms with E-state index < -0.39 is 0 Å². The number of nitrogens with one attached hydrogen (secondary N) is 1. The van der Waals surface area contributed by atoms with E-state index in [9.17, 15) is 0 Å². The van der Waals surface area contributed by atoms with Gasteiger partial charge in [0.1, 0.15) is 0 Å². The van der Waals surface area contributed by atoms with Crippen LogP contribution >= 0.6 is 15.9 Å². The van der Waals surface area contributed by atoms with Gasteiger partial charge in [0, 0.05) is 22.8 Å². The summed E-state index contributed by atoms with van der Waals surface area (Å²) in [7, 11) is 0. The molecule has 3 nitrogen and oxygen atoms in total. The van der Waals surface area contributed by atoms with Crippen molar-refractivity contribution in [2.45, 2.75) is 13.3 Å². The zero-order chi connectivity index (χ0) is 12.1. The number of benzene rings is 1. The molecule has 17 heavy (non-hydrogen) atoms. The Morgan fingerprint density at radius 2 is 2.18 bits per heavy atom. The molecule has 1 aromatic carbocycles. The van der Waals surface area contributed by atoms with Crippen molar-refractivity contribution < 1.29 is 0 Å². The van der Waals surface area contributed by atoms with Gasteiger partial charge in [0.2, 0.25) is 5.95 Å². The molecule has 0 amide bonds. The molecule has 88 valence electrons. The zero-order valence-electron chi connectivity index (χ0n) is 9.65. The summed E-state index contributed by atoms with van der Waals surface area (Å²) in [4.78, 5) is 8.67. The number of aromatic nitrogens is 2. The van der Waals surface area contributed by atoms with E-state index in [0.717, 1.165) is 28.7 Å². The van der Waals surface area contributed by atoms with E-state index in [1.807, 2.05) is 30.3 Å². The highest BCUT2D eigenvalue weighted by Crippen LogP contribution is 2.21. The van der Waals surface area contributed by atoms with E-state index in [-0.39, 0.29) is 0 Å². The first-order valence-corrected chi connectivity index (χ1v) is 6.42. The highest BCUT2D eigenvalue weighted by Gasteiger charge is 2.01. The summed E-state index contributed by atoms with van der Waals surface area (Å²) in [6.45, 7) is 3.01. The Hall–Kier alpha value is -1.42. The van der Waals surface area contributed by atoms with Gasteiger partial charge in [0.15, 0.2) is 0 Å². The number of rotatable bonds is 4. The third-order valence-electron chi connectivity index (χ3n) is 2.31. The predicted molar refractivity (Wildman–Crippen MR) is 73.9 cm³/mol. The third-order valence-corrected chi connectivity index (χ3v) is 2.80. The van der Waals surface area contributed by atoms with E-state index in [2.05, 4.69) is 38.1 Å². The SMILES string of the molecule is CCCNc1nccc(-c2cccc(Br)c2)n1. The number of hydrogen-bond donors (Lipinski definition) is 1. The fourth-order valence-electron chi connectivity index (χ4n) is 1.49. The number of anilines is 1. The van der Waals surface area contributed by atoms with Crippen LogP contribution in [0.2, 0.25) is 0 Å². The highest BCUT2D eigenvalue weighted by molar-refractivity contribution is 9.10. The van der Waals surface area contributed by atoms with Gasteiger partial charge in [0.05, 0.1) is 5.69 Å². The molecule has 0 aliphatic rings. The van der Waals surface area contributed by atoms with Gasteiger partial charge in [-0.2, -0.15) is 0 Å². The number of halogens is 1. The molecule has 1 aromatic heterocycles. The molecule has 0 aliphatic heterocycles. The molecule has 0 aliphatic carbocycles. The average molecular weight is 292 g/mol. The summed E-state index contributed by atoms with van der Waals surface area (Å²) in [5, 5.41) is 3.19. The summed E-state index contributed by atoms with van der Waals surface area (Å²) in [6, 6.07) is 10.0. The van der Waals surface area contributed by atoms with E-state index in [1.54, 1.807) is 6.20 Å². The summed E-state index contributed by atoms with van der Waals surface area (Å²) >= 11 is 3.46. The predicted octanol–water partition coefficient (Wildman–Crippen LogP) is 3.73. The Balaban J connectivity index is 2.26. The van der Waals surface area contributed by atoms with Crippen LogP contribution in [0, 0.1) is 0 Å². The van der Waals surface area contributed by atoms with E-state index in [1.165, 1.54) is 0 Å². The molecule has 0 radical (unpaired) electrons. The molecule has 2 aromatic rings. The number of nitrogens with zero attached hydrogens (tertiary/aromatic N) is 2. The largest absolute Gasteiger partial charge is 0.354 e. The van der Waals surface area contributed by atoms with Gasteiger partial charge in [-0.3, -0.25) is 0 Å². The van der Waals surface area contributed by atoms with E-state index in [4.69, 9.17) is 0 Å². The zero-order valence-corrected chi connectivity index (χ0v) is 11.2. The van der Waals surface area contributed by atoms with Crippen LogP contribution in [0.5, 0.6) is 0 Å². The normalized spacial score (nSPS) is 10.2. The average Bonchev–Trinajstić information content (AvgIpc) is 2.37.